The second-order valence-corrected chi connectivity index (χ2v) is 6.62. The molecule has 1 aliphatic rings. The summed E-state index contributed by atoms with van der Waals surface area (Å²) in [6, 6.07) is 5.55. The van der Waals surface area contributed by atoms with E-state index in [2.05, 4.69) is 20.3 Å². The predicted molar refractivity (Wildman–Crippen MR) is 98.3 cm³/mol. The van der Waals surface area contributed by atoms with E-state index in [1.54, 1.807) is 18.5 Å². The summed E-state index contributed by atoms with van der Waals surface area (Å²) in [5, 5.41) is 4.16. The topological polar surface area (TPSA) is 93.8 Å². The van der Waals surface area contributed by atoms with Crippen molar-refractivity contribution in [1.82, 2.24) is 15.0 Å². The minimum absolute atomic E-state index is 0.278. The Labute approximate surface area is 149 Å². The number of hydrogen-bond donors (Lipinski definition) is 2. The van der Waals surface area contributed by atoms with Crippen molar-refractivity contribution in [3.05, 3.63) is 41.9 Å². The number of carbonyl (C=O) groups excluding carboxylic acids is 1. The molecule has 0 aliphatic heterocycles. The molecule has 1 amide bonds. The van der Waals surface area contributed by atoms with Gasteiger partial charge in [0.2, 0.25) is 5.91 Å². The fourth-order valence-corrected chi connectivity index (χ4v) is 3.11. The van der Waals surface area contributed by atoms with Gasteiger partial charge in [0, 0.05) is 29.0 Å². The third-order valence-electron chi connectivity index (χ3n) is 4.65. The van der Waals surface area contributed by atoms with Gasteiger partial charge in [0.15, 0.2) is 0 Å². The second kappa shape index (κ2) is 6.01. The Balaban J connectivity index is 1.76. The van der Waals surface area contributed by atoms with Crippen LogP contribution in [0.5, 0.6) is 0 Å². The van der Waals surface area contributed by atoms with Gasteiger partial charge in [-0.1, -0.05) is 0 Å². The van der Waals surface area contributed by atoms with Crippen LogP contribution in [0.25, 0.3) is 22.0 Å². The van der Waals surface area contributed by atoms with E-state index in [4.69, 9.17) is 5.73 Å². The molecule has 3 aromatic rings. The molecule has 6 nitrogen and oxygen atoms in total. The maximum absolute atomic E-state index is 13.0. The Morgan fingerprint density at radius 2 is 2.08 bits per heavy atom. The number of nitrogens with two attached hydrogens (primary N) is 1. The van der Waals surface area contributed by atoms with Gasteiger partial charge in [0.05, 0.1) is 11.6 Å². The van der Waals surface area contributed by atoms with Crippen LogP contribution >= 0.6 is 0 Å². The number of aryl methyl sites for hydroxylation is 2. The Morgan fingerprint density at radius 3 is 2.77 bits per heavy atom. The number of rotatable bonds is 3. The lowest BCUT2D eigenvalue weighted by Crippen LogP contribution is -2.15. The molecule has 1 saturated carbocycles. The molecule has 0 aromatic carbocycles. The maximum atomic E-state index is 13.0. The molecule has 1 fully saturated rings. The monoisotopic (exact) mass is 351 g/mol. The fourth-order valence-electron chi connectivity index (χ4n) is 3.11. The highest BCUT2D eigenvalue weighted by Gasteiger charge is 2.43. The summed E-state index contributed by atoms with van der Waals surface area (Å²) in [7, 11) is 0. The summed E-state index contributed by atoms with van der Waals surface area (Å²) in [5.74, 6) is -0.175. The number of nitrogen functional groups attached to an aromatic ring is 1. The molecule has 1 aliphatic carbocycles. The molecule has 3 N–H and O–H groups in total. The molecule has 7 heteroatoms. The Bertz CT molecular complexity index is 1020. The first-order valence-electron chi connectivity index (χ1n) is 8.38. The lowest BCUT2D eigenvalue weighted by molar-refractivity contribution is -0.117. The Kier molecular flexibility index (Phi) is 3.79. The first-order chi connectivity index (χ1) is 12.4. The Hall–Kier alpha value is -3.09. The standard InChI is InChI=1S/C19H18FN5O/c1-9-3-4-22-10(2)17(9)15-5-11-6-16(23-8-13(11)18(21)24-15)25-19(26)12-7-14(12)20/h3-6,8,12,14H,7H2,1-2H3,(H2,21,24)(H,23,25,26)/t12-,14+/m1/s1. The first-order valence-corrected chi connectivity index (χ1v) is 8.38. The van der Waals surface area contributed by atoms with E-state index in [1.807, 2.05) is 26.0 Å². The lowest BCUT2D eigenvalue weighted by Gasteiger charge is -2.11. The normalized spacial score (nSPS) is 18.7. The zero-order valence-electron chi connectivity index (χ0n) is 14.5. The average molecular weight is 351 g/mol. The zero-order chi connectivity index (χ0) is 18.4. The molecule has 0 spiro atoms. The van der Waals surface area contributed by atoms with E-state index < -0.39 is 12.1 Å². The number of pyridine rings is 3. The Morgan fingerprint density at radius 1 is 1.31 bits per heavy atom. The number of carbonyl (C=O) groups is 1. The van der Waals surface area contributed by atoms with Crippen LogP contribution in [0.15, 0.2) is 30.6 Å². The molecule has 0 bridgehead atoms. The van der Waals surface area contributed by atoms with E-state index >= 15 is 0 Å². The highest BCUT2D eigenvalue weighted by atomic mass is 19.1. The molecule has 4 rings (SSSR count). The maximum Gasteiger partial charge on any atom is 0.231 e. The van der Waals surface area contributed by atoms with E-state index in [0.29, 0.717) is 22.7 Å². The van der Waals surface area contributed by atoms with E-state index in [9.17, 15) is 9.18 Å². The van der Waals surface area contributed by atoms with Crippen molar-refractivity contribution in [2.75, 3.05) is 11.1 Å². The molecular weight excluding hydrogens is 333 g/mol. The van der Waals surface area contributed by atoms with Crippen molar-refractivity contribution in [3.63, 3.8) is 0 Å². The van der Waals surface area contributed by atoms with Crippen molar-refractivity contribution in [3.8, 4) is 11.3 Å². The summed E-state index contributed by atoms with van der Waals surface area (Å²) < 4.78 is 13.0. The minimum Gasteiger partial charge on any atom is -0.383 e. The van der Waals surface area contributed by atoms with Crippen LogP contribution in [0.3, 0.4) is 0 Å². The van der Waals surface area contributed by atoms with Gasteiger partial charge in [-0.05, 0) is 49.4 Å². The van der Waals surface area contributed by atoms with Crippen LogP contribution in [0.1, 0.15) is 17.7 Å². The zero-order valence-corrected chi connectivity index (χ0v) is 14.5. The summed E-state index contributed by atoms with van der Waals surface area (Å²) >= 11 is 0. The quantitative estimate of drug-likeness (QED) is 0.756. The number of halogens is 1. The van der Waals surface area contributed by atoms with Crippen LogP contribution < -0.4 is 11.1 Å². The number of alkyl halides is 1. The van der Waals surface area contributed by atoms with Gasteiger partial charge < -0.3 is 11.1 Å². The second-order valence-electron chi connectivity index (χ2n) is 6.62. The number of anilines is 2. The minimum atomic E-state index is -1.04. The number of nitrogens with zero attached hydrogens (tertiary/aromatic N) is 3. The predicted octanol–water partition coefficient (Wildman–Crippen LogP) is 3.19. The SMILES string of the molecule is Cc1ccnc(C)c1-c1cc2cc(NC(=O)[C@@H]3C[C@@H]3F)ncc2c(N)n1. The van der Waals surface area contributed by atoms with E-state index in [-0.39, 0.29) is 12.3 Å². The van der Waals surface area contributed by atoms with Gasteiger partial charge in [-0.15, -0.1) is 0 Å². The number of nitrogens with one attached hydrogen (secondary N) is 1. The van der Waals surface area contributed by atoms with Crippen molar-refractivity contribution in [2.24, 2.45) is 5.92 Å². The number of hydrogen-bond acceptors (Lipinski definition) is 5. The number of aromatic nitrogens is 3. The number of fused-ring (bicyclic) bond motifs is 1. The third kappa shape index (κ3) is 2.85. The third-order valence-corrected chi connectivity index (χ3v) is 4.65. The number of amides is 1. The van der Waals surface area contributed by atoms with Crippen LogP contribution in [0.2, 0.25) is 0 Å². The molecule has 132 valence electrons. The molecule has 26 heavy (non-hydrogen) atoms. The van der Waals surface area contributed by atoms with Gasteiger partial charge in [-0.3, -0.25) is 9.78 Å². The van der Waals surface area contributed by atoms with Gasteiger partial charge in [0.1, 0.15) is 17.8 Å². The van der Waals surface area contributed by atoms with Crippen LogP contribution in [-0.2, 0) is 4.79 Å². The van der Waals surface area contributed by atoms with Crippen LogP contribution in [0, 0.1) is 19.8 Å². The van der Waals surface area contributed by atoms with Gasteiger partial charge >= 0.3 is 0 Å². The summed E-state index contributed by atoms with van der Waals surface area (Å²) in [5.41, 5.74) is 9.67. The van der Waals surface area contributed by atoms with Gasteiger partial charge in [0.25, 0.3) is 0 Å². The molecule has 3 aromatic heterocycles. The highest BCUT2D eigenvalue weighted by molar-refractivity contribution is 5.98. The van der Waals surface area contributed by atoms with Crippen molar-refractivity contribution < 1.29 is 9.18 Å². The van der Waals surface area contributed by atoms with Crippen molar-refractivity contribution >= 4 is 28.3 Å². The molecule has 0 saturated heterocycles. The molecule has 0 radical (unpaired) electrons. The van der Waals surface area contributed by atoms with E-state index in [1.165, 1.54) is 0 Å². The van der Waals surface area contributed by atoms with Crippen molar-refractivity contribution in [2.45, 2.75) is 26.4 Å². The highest BCUT2D eigenvalue weighted by Crippen LogP contribution is 2.35. The van der Waals surface area contributed by atoms with Gasteiger partial charge in [-0.25, -0.2) is 14.4 Å². The summed E-state index contributed by atoms with van der Waals surface area (Å²) in [6.07, 6.45) is 2.56. The average Bonchev–Trinajstić information content (AvgIpc) is 3.31. The molecule has 2 atom stereocenters. The lowest BCUT2D eigenvalue weighted by atomic mass is 10.0. The fraction of sp³-hybridized carbons (Fsp3) is 0.263. The summed E-state index contributed by atoms with van der Waals surface area (Å²) in [6.45, 7) is 3.92. The summed E-state index contributed by atoms with van der Waals surface area (Å²) in [4.78, 5) is 24.9. The van der Waals surface area contributed by atoms with Crippen LogP contribution in [-0.4, -0.2) is 27.0 Å². The largest absolute Gasteiger partial charge is 0.383 e. The first kappa shape index (κ1) is 16.4. The smallest absolute Gasteiger partial charge is 0.231 e. The molecular formula is C19H18FN5O. The van der Waals surface area contributed by atoms with Crippen LogP contribution in [0.4, 0.5) is 16.0 Å². The van der Waals surface area contributed by atoms with E-state index in [0.717, 1.165) is 22.2 Å². The van der Waals surface area contributed by atoms with Gasteiger partial charge in [-0.2, -0.15) is 0 Å². The molecule has 0 unspecified atom stereocenters. The molecule has 3 heterocycles. The van der Waals surface area contributed by atoms with Crippen molar-refractivity contribution in [1.29, 1.82) is 0 Å².